The molecular formula is C27H41N3O6. The van der Waals surface area contributed by atoms with E-state index in [1.54, 1.807) is 24.7 Å². The van der Waals surface area contributed by atoms with Gasteiger partial charge in [-0.15, -0.1) is 0 Å². The van der Waals surface area contributed by atoms with Crippen LogP contribution in [0, 0.1) is 17.8 Å². The summed E-state index contributed by atoms with van der Waals surface area (Å²) in [5.74, 6) is -1.17. The van der Waals surface area contributed by atoms with E-state index in [9.17, 15) is 19.2 Å². The van der Waals surface area contributed by atoms with E-state index in [1.807, 2.05) is 32.9 Å². The first-order valence-corrected chi connectivity index (χ1v) is 12.9. The van der Waals surface area contributed by atoms with Gasteiger partial charge in [-0.2, -0.15) is 0 Å². The molecule has 1 fully saturated rings. The van der Waals surface area contributed by atoms with Crippen molar-refractivity contribution in [3.8, 4) is 5.75 Å². The smallest absolute Gasteiger partial charge is 0.243 e. The van der Waals surface area contributed by atoms with E-state index in [-0.39, 0.29) is 36.5 Å². The Labute approximate surface area is 213 Å². The van der Waals surface area contributed by atoms with Crippen LogP contribution in [0.2, 0.25) is 0 Å². The topological polar surface area (TPSA) is 125 Å². The van der Waals surface area contributed by atoms with Crippen molar-refractivity contribution in [3.05, 3.63) is 29.8 Å². The Bertz CT molecular complexity index is 886. The number of imide groups is 1. The first-order valence-electron chi connectivity index (χ1n) is 12.9. The standard InChI is InChI=1S/C27H41N3O6/c1-5-9-21-22(16-18(2)3)27(34)30(26(21)33)23(17-19-11-13-20(36-4)14-12-19)25(32)28-15-8-6-7-10-24(31)29-35/h11-14,18,21-23,35H,5-10,15-17H2,1-4H3,(H,28,32)(H,29,31)/t21-,22-,23+/m1/s1. The maximum Gasteiger partial charge on any atom is 0.243 e. The third-order valence-corrected chi connectivity index (χ3v) is 6.63. The third kappa shape index (κ3) is 8.05. The number of amides is 4. The summed E-state index contributed by atoms with van der Waals surface area (Å²) in [7, 11) is 1.58. The van der Waals surface area contributed by atoms with Gasteiger partial charge in [0.1, 0.15) is 11.8 Å². The number of methoxy groups -OCH3 is 1. The SMILES string of the molecule is CCC[C@H]1C(=O)N([C@@H](Cc2ccc(OC)cc2)C(=O)NCCCCCC(=O)NO)C(=O)[C@@H]1CC(C)C. The number of ether oxygens (including phenoxy) is 1. The van der Waals surface area contributed by atoms with Crippen LogP contribution in [0.25, 0.3) is 0 Å². The Morgan fingerprint density at radius 2 is 1.72 bits per heavy atom. The lowest BCUT2D eigenvalue weighted by Crippen LogP contribution is -2.51. The van der Waals surface area contributed by atoms with Gasteiger partial charge in [0.25, 0.3) is 0 Å². The number of hydroxylamine groups is 1. The van der Waals surface area contributed by atoms with Crippen LogP contribution in [0.5, 0.6) is 5.75 Å². The lowest BCUT2D eigenvalue weighted by molar-refractivity contribution is -0.148. The van der Waals surface area contributed by atoms with Gasteiger partial charge in [-0.3, -0.25) is 29.3 Å². The number of nitrogens with one attached hydrogen (secondary N) is 2. The first kappa shape index (κ1) is 29.3. The zero-order chi connectivity index (χ0) is 26.7. The molecule has 2 rings (SSSR count). The monoisotopic (exact) mass is 503 g/mol. The molecule has 3 atom stereocenters. The lowest BCUT2D eigenvalue weighted by atomic mass is 9.85. The number of benzene rings is 1. The molecule has 4 amide bonds. The van der Waals surface area contributed by atoms with Crippen molar-refractivity contribution in [1.29, 1.82) is 0 Å². The minimum atomic E-state index is -0.935. The molecule has 0 unspecified atom stereocenters. The van der Waals surface area contributed by atoms with Crippen molar-refractivity contribution in [2.45, 2.75) is 78.2 Å². The second-order valence-electron chi connectivity index (χ2n) is 9.88. The highest BCUT2D eigenvalue weighted by molar-refractivity contribution is 6.08. The molecule has 3 N–H and O–H groups in total. The van der Waals surface area contributed by atoms with Crippen LogP contribution < -0.4 is 15.5 Å². The number of rotatable bonds is 15. The first-order chi connectivity index (χ1) is 17.2. The molecule has 9 heteroatoms. The fourth-order valence-electron chi connectivity index (χ4n) is 4.78. The third-order valence-electron chi connectivity index (χ3n) is 6.63. The molecule has 0 aliphatic carbocycles. The van der Waals surface area contributed by atoms with E-state index in [1.165, 1.54) is 4.90 Å². The maximum atomic E-state index is 13.5. The van der Waals surface area contributed by atoms with Crippen LogP contribution in [0.4, 0.5) is 0 Å². The Kier molecular flexibility index (Phi) is 11.9. The van der Waals surface area contributed by atoms with Gasteiger partial charge < -0.3 is 10.1 Å². The van der Waals surface area contributed by atoms with Crippen molar-refractivity contribution in [2.75, 3.05) is 13.7 Å². The van der Waals surface area contributed by atoms with E-state index in [0.717, 1.165) is 12.0 Å². The summed E-state index contributed by atoms with van der Waals surface area (Å²) >= 11 is 0. The Balaban J connectivity index is 2.19. The van der Waals surface area contributed by atoms with Gasteiger partial charge in [0.2, 0.25) is 23.6 Å². The number of hydrogen-bond acceptors (Lipinski definition) is 6. The van der Waals surface area contributed by atoms with Gasteiger partial charge in [0.05, 0.1) is 18.9 Å². The highest BCUT2D eigenvalue weighted by Crippen LogP contribution is 2.36. The predicted molar refractivity (Wildman–Crippen MR) is 135 cm³/mol. The Morgan fingerprint density at radius 1 is 1.06 bits per heavy atom. The molecule has 1 heterocycles. The largest absolute Gasteiger partial charge is 0.497 e. The van der Waals surface area contributed by atoms with E-state index in [0.29, 0.717) is 44.4 Å². The molecular weight excluding hydrogens is 462 g/mol. The van der Waals surface area contributed by atoms with Gasteiger partial charge >= 0.3 is 0 Å². The molecule has 36 heavy (non-hydrogen) atoms. The molecule has 0 radical (unpaired) electrons. The molecule has 1 aliphatic heterocycles. The average molecular weight is 504 g/mol. The highest BCUT2D eigenvalue weighted by Gasteiger charge is 2.50. The Morgan fingerprint density at radius 3 is 2.31 bits per heavy atom. The number of hydrogen-bond donors (Lipinski definition) is 3. The summed E-state index contributed by atoms with van der Waals surface area (Å²) in [5, 5.41) is 11.5. The molecule has 0 aromatic heterocycles. The van der Waals surface area contributed by atoms with Gasteiger partial charge in [-0.1, -0.05) is 45.7 Å². The number of carbonyl (C=O) groups is 4. The molecule has 1 aromatic rings. The lowest BCUT2D eigenvalue weighted by Gasteiger charge is -2.26. The molecule has 9 nitrogen and oxygen atoms in total. The summed E-state index contributed by atoms with van der Waals surface area (Å²) in [4.78, 5) is 52.7. The number of unbranched alkanes of at least 4 members (excludes halogenated alkanes) is 2. The van der Waals surface area contributed by atoms with Crippen molar-refractivity contribution >= 4 is 23.6 Å². The van der Waals surface area contributed by atoms with Crippen LogP contribution >= 0.6 is 0 Å². The molecule has 1 aliphatic rings. The van der Waals surface area contributed by atoms with Crippen LogP contribution in [-0.2, 0) is 25.6 Å². The number of nitrogens with zero attached hydrogens (tertiary/aromatic N) is 1. The van der Waals surface area contributed by atoms with Gasteiger partial charge in [-0.05, 0) is 49.3 Å². The van der Waals surface area contributed by atoms with E-state index in [4.69, 9.17) is 9.94 Å². The van der Waals surface area contributed by atoms with Crippen molar-refractivity contribution in [2.24, 2.45) is 17.8 Å². The maximum absolute atomic E-state index is 13.5. The fraction of sp³-hybridized carbons (Fsp3) is 0.630. The second-order valence-corrected chi connectivity index (χ2v) is 9.88. The normalized spacial score (nSPS) is 18.4. The zero-order valence-electron chi connectivity index (χ0n) is 21.9. The number of carbonyl (C=O) groups excluding carboxylic acids is 4. The zero-order valence-corrected chi connectivity index (χ0v) is 21.9. The van der Waals surface area contributed by atoms with Crippen molar-refractivity contribution in [3.63, 3.8) is 0 Å². The Hall–Kier alpha value is -2.94. The average Bonchev–Trinajstić information content (AvgIpc) is 3.08. The summed E-state index contributed by atoms with van der Waals surface area (Å²) < 4.78 is 5.22. The molecule has 0 saturated carbocycles. The summed E-state index contributed by atoms with van der Waals surface area (Å²) in [5.41, 5.74) is 2.43. The summed E-state index contributed by atoms with van der Waals surface area (Å²) in [6.07, 6.45) is 4.35. The van der Waals surface area contributed by atoms with E-state index >= 15 is 0 Å². The van der Waals surface area contributed by atoms with Crippen LogP contribution in [0.1, 0.15) is 71.3 Å². The summed E-state index contributed by atoms with van der Waals surface area (Å²) in [6.45, 7) is 6.44. The van der Waals surface area contributed by atoms with Crippen LogP contribution in [-0.4, -0.2) is 53.4 Å². The quantitative estimate of drug-likeness (QED) is 0.146. The minimum absolute atomic E-state index is 0.206. The molecule has 0 bridgehead atoms. The van der Waals surface area contributed by atoms with Crippen molar-refractivity contribution in [1.82, 2.24) is 15.7 Å². The van der Waals surface area contributed by atoms with E-state index < -0.39 is 23.8 Å². The molecule has 0 spiro atoms. The van der Waals surface area contributed by atoms with E-state index in [2.05, 4.69) is 5.32 Å². The number of likely N-dealkylation sites (tertiary alicyclic amines) is 1. The summed E-state index contributed by atoms with van der Waals surface area (Å²) in [6, 6.07) is 6.33. The molecule has 200 valence electrons. The van der Waals surface area contributed by atoms with Gasteiger partial charge in [0, 0.05) is 19.4 Å². The molecule has 1 saturated heterocycles. The van der Waals surface area contributed by atoms with Gasteiger partial charge in [-0.25, -0.2) is 5.48 Å². The fourth-order valence-corrected chi connectivity index (χ4v) is 4.78. The molecule has 1 aromatic carbocycles. The minimum Gasteiger partial charge on any atom is -0.497 e. The van der Waals surface area contributed by atoms with Crippen LogP contribution in [0.3, 0.4) is 0 Å². The van der Waals surface area contributed by atoms with Crippen molar-refractivity contribution < 1.29 is 29.1 Å². The highest BCUT2D eigenvalue weighted by atomic mass is 16.5. The van der Waals surface area contributed by atoms with Crippen LogP contribution in [0.15, 0.2) is 24.3 Å². The second kappa shape index (κ2) is 14.6. The predicted octanol–water partition coefficient (Wildman–Crippen LogP) is 3.24. The van der Waals surface area contributed by atoms with Gasteiger partial charge in [0.15, 0.2) is 0 Å².